The van der Waals surface area contributed by atoms with Crippen LogP contribution in [0.3, 0.4) is 0 Å². The maximum Gasteiger partial charge on any atom is 0.351 e. The molecule has 5 N–H and O–H groups in total. The van der Waals surface area contributed by atoms with Gasteiger partial charge in [0.2, 0.25) is 0 Å². The summed E-state index contributed by atoms with van der Waals surface area (Å²) in [5.74, 6) is -0.845. The second-order valence-corrected chi connectivity index (χ2v) is 6.63. The highest BCUT2D eigenvalue weighted by Gasteiger charge is 2.54. The minimum absolute atomic E-state index is 0.0189. The molecule has 1 aliphatic heterocycles. The summed E-state index contributed by atoms with van der Waals surface area (Å²) in [5, 5.41) is 10.2. The first-order valence-corrected chi connectivity index (χ1v) is 7.83. The smallest absolute Gasteiger partial charge is 0.351 e. The van der Waals surface area contributed by atoms with Crippen molar-refractivity contribution in [1.82, 2.24) is 9.55 Å². The van der Waals surface area contributed by atoms with Crippen LogP contribution < -0.4 is 17.2 Å². The number of nitrogens with two attached hydrogens (primary N) is 2. The van der Waals surface area contributed by atoms with Crippen molar-refractivity contribution in [3.8, 4) is 0 Å². The lowest BCUT2D eigenvalue weighted by molar-refractivity contribution is -0.165. The topological polar surface area (TPSA) is 143 Å². The summed E-state index contributed by atoms with van der Waals surface area (Å²) in [4.78, 5) is 27.2. The van der Waals surface area contributed by atoms with Crippen molar-refractivity contribution in [3.63, 3.8) is 0 Å². The predicted octanol–water partition coefficient (Wildman–Crippen LogP) is -0.661. The van der Waals surface area contributed by atoms with Crippen LogP contribution in [0, 0.1) is 5.92 Å². The highest BCUT2D eigenvalue weighted by atomic mass is 19.1. The number of aliphatic hydroxyl groups is 1. The molecular weight excluding hydrogens is 335 g/mol. The fourth-order valence-electron chi connectivity index (χ4n) is 2.44. The number of aliphatic hydroxyl groups excluding tert-OH is 1. The van der Waals surface area contributed by atoms with E-state index in [0.29, 0.717) is 0 Å². The van der Waals surface area contributed by atoms with E-state index in [1.54, 1.807) is 13.8 Å². The maximum absolute atomic E-state index is 14.5. The van der Waals surface area contributed by atoms with Gasteiger partial charge in [-0.3, -0.25) is 9.36 Å². The molecule has 0 aromatic carbocycles. The fraction of sp³-hybridized carbons (Fsp3) is 0.667. The number of carbonyl (C=O) groups excluding carboxylic acids is 1. The summed E-state index contributed by atoms with van der Waals surface area (Å²) in [5.41, 5.74) is 8.72. The van der Waals surface area contributed by atoms with E-state index in [-0.39, 0.29) is 11.7 Å². The van der Waals surface area contributed by atoms with E-state index < -0.39 is 48.4 Å². The van der Waals surface area contributed by atoms with Gasteiger partial charge >= 0.3 is 11.7 Å². The van der Waals surface area contributed by atoms with Crippen LogP contribution in [0.15, 0.2) is 17.1 Å². The van der Waals surface area contributed by atoms with Crippen molar-refractivity contribution in [2.45, 2.75) is 50.9 Å². The zero-order valence-electron chi connectivity index (χ0n) is 14.3. The van der Waals surface area contributed by atoms with Crippen LogP contribution in [0.5, 0.6) is 0 Å². The van der Waals surface area contributed by atoms with Crippen molar-refractivity contribution < 1.29 is 23.8 Å². The van der Waals surface area contributed by atoms with Crippen molar-refractivity contribution in [2.24, 2.45) is 11.7 Å². The largest absolute Gasteiger partial charge is 0.461 e. The van der Waals surface area contributed by atoms with Gasteiger partial charge in [0.25, 0.3) is 0 Å². The summed E-state index contributed by atoms with van der Waals surface area (Å²) in [6.45, 7) is 4.47. The Labute approximate surface area is 143 Å². The van der Waals surface area contributed by atoms with Gasteiger partial charge in [0.1, 0.15) is 30.2 Å². The molecule has 2 rings (SSSR count). The van der Waals surface area contributed by atoms with Crippen molar-refractivity contribution in [3.05, 3.63) is 22.7 Å². The highest BCUT2D eigenvalue weighted by Crippen LogP contribution is 2.38. The van der Waals surface area contributed by atoms with E-state index in [0.717, 1.165) is 4.57 Å². The standard InChI is InChI=1S/C15H23FN4O5/c1-7(2)10(18)13(22)24-6-15(3)11(21)9(16)12(25-15)20-5-4-8(17)19-14(20)23/h4-5,7,9-12,21H,6,18H2,1-3H3,(H2,17,19,23)/t9-,10?,11+,12-,15-/m1/s1. The minimum atomic E-state index is -1.93. The van der Waals surface area contributed by atoms with E-state index in [1.807, 2.05) is 0 Å². The number of alkyl halides is 1. The summed E-state index contributed by atoms with van der Waals surface area (Å²) in [6.07, 6.45) is -3.74. The van der Waals surface area contributed by atoms with Crippen molar-refractivity contribution >= 4 is 11.8 Å². The Morgan fingerprint density at radius 2 is 2.24 bits per heavy atom. The molecule has 0 amide bonds. The lowest BCUT2D eigenvalue weighted by Gasteiger charge is -2.27. The lowest BCUT2D eigenvalue weighted by atomic mass is 9.99. The molecule has 2 heterocycles. The lowest BCUT2D eigenvalue weighted by Crippen LogP contribution is -2.46. The number of carbonyl (C=O) groups is 1. The van der Waals surface area contributed by atoms with E-state index in [1.165, 1.54) is 19.2 Å². The number of nitrogen functional groups attached to an aromatic ring is 1. The summed E-state index contributed by atoms with van der Waals surface area (Å²) < 4.78 is 26.0. The molecule has 5 atom stereocenters. The number of aromatic nitrogens is 2. The van der Waals surface area contributed by atoms with Crippen molar-refractivity contribution in [1.29, 1.82) is 0 Å². The molecule has 1 saturated heterocycles. The molecule has 0 radical (unpaired) electrons. The summed E-state index contributed by atoms with van der Waals surface area (Å²) in [7, 11) is 0. The fourth-order valence-corrected chi connectivity index (χ4v) is 2.44. The van der Waals surface area contributed by atoms with E-state index >= 15 is 0 Å². The van der Waals surface area contributed by atoms with Crippen LogP contribution >= 0.6 is 0 Å². The van der Waals surface area contributed by atoms with Gasteiger partial charge < -0.3 is 26.0 Å². The van der Waals surface area contributed by atoms with Crippen LogP contribution in [0.2, 0.25) is 0 Å². The van der Waals surface area contributed by atoms with Crippen molar-refractivity contribution in [2.75, 3.05) is 12.3 Å². The van der Waals surface area contributed by atoms with Gasteiger partial charge in [0.05, 0.1) is 0 Å². The second-order valence-electron chi connectivity index (χ2n) is 6.63. The first kappa shape index (κ1) is 19.3. The molecule has 1 fully saturated rings. The van der Waals surface area contributed by atoms with E-state index in [9.17, 15) is 19.1 Å². The Bertz CT molecular complexity index is 697. The third kappa shape index (κ3) is 3.80. The number of hydrogen-bond donors (Lipinski definition) is 3. The molecule has 0 spiro atoms. The molecule has 1 unspecified atom stereocenters. The van der Waals surface area contributed by atoms with Crippen LogP contribution in [0.4, 0.5) is 10.2 Å². The molecule has 1 aromatic rings. The van der Waals surface area contributed by atoms with Gasteiger partial charge in [-0.05, 0) is 18.9 Å². The van der Waals surface area contributed by atoms with Gasteiger partial charge in [-0.15, -0.1) is 0 Å². The quantitative estimate of drug-likeness (QED) is 0.589. The third-order valence-corrected chi connectivity index (χ3v) is 4.21. The first-order chi connectivity index (χ1) is 11.6. The Hall–Kier alpha value is -2.04. The number of esters is 1. The average Bonchev–Trinajstić information content (AvgIpc) is 2.77. The van der Waals surface area contributed by atoms with Crippen LogP contribution in [-0.2, 0) is 14.3 Å². The number of halogens is 1. The minimum Gasteiger partial charge on any atom is -0.461 e. The van der Waals surface area contributed by atoms with Gasteiger partial charge in [-0.2, -0.15) is 4.98 Å². The molecule has 0 aliphatic carbocycles. The molecule has 10 heteroatoms. The Balaban J connectivity index is 2.15. The molecule has 1 aliphatic rings. The van der Waals surface area contributed by atoms with Crippen LogP contribution in [0.25, 0.3) is 0 Å². The molecule has 140 valence electrons. The first-order valence-electron chi connectivity index (χ1n) is 7.83. The zero-order chi connectivity index (χ0) is 18.9. The Morgan fingerprint density at radius 1 is 1.60 bits per heavy atom. The highest BCUT2D eigenvalue weighted by molar-refractivity contribution is 5.75. The van der Waals surface area contributed by atoms with Crippen LogP contribution in [0.1, 0.15) is 27.0 Å². The summed E-state index contributed by atoms with van der Waals surface area (Å²) in [6, 6.07) is 0.462. The number of hydrogen-bond acceptors (Lipinski definition) is 8. The van der Waals surface area contributed by atoms with E-state index in [4.69, 9.17) is 20.9 Å². The van der Waals surface area contributed by atoms with Gasteiger partial charge in [0, 0.05) is 6.20 Å². The second kappa shape index (κ2) is 7.06. The number of rotatable bonds is 5. The monoisotopic (exact) mass is 358 g/mol. The molecule has 0 bridgehead atoms. The Kier molecular flexibility index (Phi) is 5.45. The van der Waals surface area contributed by atoms with E-state index in [2.05, 4.69) is 4.98 Å². The molecule has 9 nitrogen and oxygen atoms in total. The van der Waals surface area contributed by atoms with Gasteiger partial charge in [-0.25, -0.2) is 9.18 Å². The number of ether oxygens (including phenoxy) is 2. The van der Waals surface area contributed by atoms with Gasteiger partial charge in [-0.1, -0.05) is 13.8 Å². The number of nitrogens with zero attached hydrogens (tertiary/aromatic N) is 2. The third-order valence-electron chi connectivity index (χ3n) is 4.21. The van der Waals surface area contributed by atoms with Crippen LogP contribution in [-0.4, -0.2) is 51.2 Å². The SMILES string of the molecule is CC(C)C(N)C(=O)OC[C@@]1(C)O[C@@H](n2ccc(N)nc2=O)[C@H](F)[C@@H]1O. The maximum atomic E-state index is 14.5. The molecular formula is C15H23FN4O5. The predicted molar refractivity (Wildman–Crippen MR) is 86.1 cm³/mol. The average molecular weight is 358 g/mol. The summed E-state index contributed by atoms with van der Waals surface area (Å²) >= 11 is 0. The van der Waals surface area contributed by atoms with Gasteiger partial charge in [0.15, 0.2) is 12.4 Å². The number of anilines is 1. The molecule has 0 saturated carbocycles. The molecule has 25 heavy (non-hydrogen) atoms. The molecule has 1 aromatic heterocycles. The normalized spacial score (nSPS) is 30.4. The Morgan fingerprint density at radius 3 is 2.80 bits per heavy atom. The zero-order valence-corrected chi connectivity index (χ0v) is 14.3.